The number of carbonyl (C=O) groups is 1. The summed E-state index contributed by atoms with van der Waals surface area (Å²) in [7, 11) is 1.56. The van der Waals surface area contributed by atoms with Crippen LogP contribution in [0.25, 0.3) is 0 Å². The molecule has 0 saturated carbocycles. The molecule has 0 saturated heterocycles. The van der Waals surface area contributed by atoms with Gasteiger partial charge >= 0.3 is 5.69 Å². The lowest BCUT2D eigenvalue weighted by molar-refractivity contribution is -0.118. The maximum absolute atomic E-state index is 13.1. The number of hydrogen-bond donors (Lipinski definition) is 2. The summed E-state index contributed by atoms with van der Waals surface area (Å²) < 4.78 is 6.50. The van der Waals surface area contributed by atoms with E-state index in [4.69, 9.17) is 10.5 Å². The summed E-state index contributed by atoms with van der Waals surface area (Å²) in [5.41, 5.74) is 5.74. The molecule has 0 spiro atoms. The van der Waals surface area contributed by atoms with Crippen molar-refractivity contribution in [3.8, 4) is 5.75 Å². The highest BCUT2D eigenvalue weighted by Gasteiger charge is 2.24. The lowest BCUT2D eigenvalue weighted by atomic mass is 10.1. The number of carbonyl (C=O) groups excluding carboxylic acids is 1. The van der Waals surface area contributed by atoms with Crippen molar-refractivity contribution in [2.24, 2.45) is 0 Å². The number of unbranched alkanes of at least 4 members (excludes halogenated alkanes) is 1. The summed E-state index contributed by atoms with van der Waals surface area (Å²) in [6.45, 7) is 4.60. The third-order valence-electron chi connectivity index (χ3n) is 4.46. The van der Waals surface area contributed by atoms with E-state index in [0.29, 0.717) is 31.7 Å². The van der Waals surface area contributed by atoms with Gasteiger partial charge in [-0.15, -0.1) is 0 Å². The third-order valence-corrected chi connectivity index (χ3v) is 4.46. The van der Waals surface area contributed by atoms with Crippen molar-refractivity contribution < 1.29 is 9.53 Å². The Kier molecular flexibility index (Phi) is 7.43. The molecule has 8 heteroatoms. The SMILES string of the molecule is CCCCN(C(=O)Cc1cccc(OC)c1)c1c(N)n(CCC)c(=O)[nH]c1=O. The van der Waals surface area contributed by atoms with Crippen molar-refractivity contribution in [2.75, 3.05) is 24.3 Å². The molecule has 0 radical (unpaired) electrons. The predicted molar refractivity (Wildman–Crippen MR) is 110 cm³/mol. The minimum atomic E-state index is -0.648. The number of amides is 1. The van der Waals surface area contributed by atoms with Crippen LogP contribution in [0.4, 0.5) is 11.5 Å². The minimum absolute atomic E-state index is 0.0192. The van der Waals surface area contributed by atoms with E-state index < -0.39 is 11.2 Å². The Morgan fingerprint density at radius 3 is 2.64 bits per heavy atom. The molecular weight excluding hydrogens is 360 g/mol. The van der Waals surface area contributed by atoms with Gasteiger partial charge in [0.15, 0.2) is 5.69 Å². The maximum Gasteiger partial charge on any atom is 0.330 e. The monoisotopic (exact) mass is 388 g/mol. The van der Waals surface area contributed by atoms with Crippen LogP contribution in [0.15, 0.2) is 33.9 Å². The van der Waals surface area contributed by atoms with Crippen LogP contribution in [0.2, 0.25) is 0 Å². The fourth-order valence-electron chi connectivity index (χ4n) is 3.01. The number of rotatable bonds is 9. The maximum atomic E-state index is 13.1. The summed E-state index contributed by atoms with van der Waals surface area (Å²) >= 11 is 0. The van der Waals surface area contributed by atoms with Gasteiger partial charge in [0.2, 0.25) is 5.91 Å². The van der Waals surface area contributed by atoms with Crippen LogP contribution in [-0.4, -0.2) is 29.1 Å². The molecule has 2 aromatic rings. The molecule has 1 amide bonds. The molecule has 0 aliphatic heterocycles. The third kappa shape index (κ3) is 4.82. The van der Waals surface area contributed by atoms with E-state index >= 15 is 0 Å². The molecule has 0 unspecified atom stereocenters. The summed E-state index contributed by atoms with van der Waals surface area (Å²) in [6, 6.07) is 7.21. The molecule has 1 aromatic carbocycles. The summed E-state index contributed by atoms with van der Waals surface area (Å²) in [4.78, 5) is 41.3. The lowest BCUT2D eigenvalue weighted by Gasteiger charge is -2.24. The molecule has 8 nitrogen and oxygen atoms in total. The van der Waals surface area contributed by atoms with Crippen LogP contribution in [0.5, 0.6) is 5.75 Å². The Hall–Kier alpha value is -3.03. The van der Waals surface area contributed by atoms with Gasteiger partial charge in [-0.1, -0.05) is 32.4 Å². The van der Waals surface area contributed by atoms with E-state index in [2.05, 4.69) is 4.98 Å². The quantitative estimate of drug-likeness (QED) is 0.682. The first kappa shape index (κ1) is 21.3. The van der Waals surface area contributed by atoms with E-state index in [1.807, 2.05) is 19.9 Å². The molecule has 0 aliphatic carbocycles. The number of hydrogen-bond acceptors (Lipinski definition) is 5. The number of methoxy groups -OCH3 is 1. The number of nitrogens with two attached hydrogens (primary N) is 1. The molecule has 0 aliphatic rings. The van der Waals surface area contributed by atoms with Crippen molar-refractivity contribution in [2.45, 2.75) is 46.1 Å². The molecule has 0 bridgehead atoms. The fourth-order valence-corrected chi connectivity index (χ4v) is 3.01. The smallest absolute Gasteiger partial charge is 0.330 e. The number of nitrogen functional groups attached to an aromatic ring is 1. The summed E-state index contributed by atoms with van der Waals surface area (Å²) in [5, 5.41) is 0. The van der Waals surface area contributed by atoms with Crippen LogP contribution in [0, 0.1) is 0 Å². The van der Waals surface area contributed by atoms with Gasteiger partial charge in [0, 0.05) is 13.1 Å². The second-order valence-electron chi connectivity index (χ2n) is 6.57. The summed E-state index contributed by atoms with van der Waals surface area (Å²) in [5.74, 6) is 0.408. The van der Waals surface area contributed by atoms with Crippen LogP contribution in [0.3, 0.4) is 0 Å². The van der Waals surface area contributed by atoms with Crippen LogP contribution in [0.1, 0.15) is 38.7 Å². The molecule has 2 rings (SSSR count). The van der Waals surface area contributed by atoms with E-state index in [9.17, 15) is 14.4 Å². The highest BCUT2D eigenvalue weighted by molar-refractivity contribution is 5.96. The second kappa shape index (κ2) is 9.77. The number of anilines is 2. The Bertz CT molecular complexity index is 933. The van der Waals surface area contributed by atoms with Gasteiger partial charge in [-0.2, -0.15) is 0 Å². The molecule has 1 aromatic heterocycles. The van der Waals surface area contributed by atoms with Gasteiger partial charge in [-0.25, -0.2) is 4.79 Å². The zero-order valence-electron chi connectivity index (χ0n) is 16.7. The van der Waals surface area contributed by atoms with Crippen molar-refractivity contribution in [1.29, 1.82) is 0 Å². The largest absolute Gasteiger partial charge is 0.497 e. The predicted octanol–water partition coefficient (Wildman–Crippen LogP) is 1.91. The fraction of sp³-hybridized carbons (Fsp3) is 0.450. The number of aromatic amines is 1. The molecule has 1 heterocycles. The van der Waals surface area contributed by atoms with Crippen molar-refractivity contribution in [3.05, 3.63) is 50.7 Å². The normalized spacial score (nSPS) is 10.7. The summed E-state index contributed by atoms with van der Waals surface area (Å²) in [6.07, 6.45) is 2.31. The van der Waals surface area contributed by atoms with Crippen molar-refractivity contribution in [1.82, 2.24) is 9.55 Å². The molecule has 28 heavy (non-hydrogen) atoms. The Labute approximate surface area is 163 Å². The molecular formula is C20H28N4O4. The van der Waals surface area contributed by atoms with E-state index in [0.717, 1.165) is 12.0 Å². The van der Waals surface area contributed by atoms with Gasteiger partial charge in [-0.3, -0.25) is 19.1 Å². The molecule has 0 fully saturated rings. The number of H-pyrrole nitrogens is 1. The molecule has 3 N–H and O–H groups in total. The number of ether oxygens (including phenoxy) is 1. The molecule has 0 atom stereocenters. The van der Waals surface area contributed by atoms with E-state index in [1.54, 1.807) is 25.3 Å². The Morgan fingerprint density at radius 1 is 1.25 bits per heavy atom. The first-order chi connectivity index (χ1) is 13.4. The number of nitrogens with zero attached hydrogens (tertiary/aromatic N) is 2. The van der Waals surface area contributed by atoms with Crippen LogP contribution in [-0.2, 0) is 17.8 Å². The van der Waals surface area contributed by atoms with Crippen molar-refractivity contribution >= 4 is 17.4 Å². The van der Waals surface area contributed by atoms with Crippen LogP contribution >= 0.6 is 0 Å². The average Bonchev–Trinajstić information content (AvgIpc) is 2.67. The van der Waals surface area contributed by atoms with Gasteiger partial charge in [0.1, 0.15) is 11.6 Å². The number of nitrogens with one attached hydrogen (secondary N) is 1. The highest BCUT2D eigenvalue weighted by atomic mass is 16.5. The first-order valence-electron chi connectivity index (χ1n) is 9.48. The van der Waals surface area contributed by atoms with Crippen molar-refractivity contribution in [3.63, 3.8) is 0 Å². The number of aromatic nitrogens is 2. The van der Waals surface area contributed by atoms with Crippen LogP contribution < -0.4 is 26.6 Å². The number of benzene rings is 1. The zero-order valence-corrected chi connectivity index (χ0v) is 16.7. The lowest BCUT2D eigenvalue weighted by Crippen LogP contribution is -2.42. The zero-order chi connectivity index (χ0) is 20.7. The second-order valence-corrected chi connectivity index (χ2v) is 6.57. The topological polar surface area (TPSA) is 110 Å². The van der Waals surface area contributed by atoms with Gasteiger partial charge in [0.05, 0.1) is 13.5 Å². The average molecular weight is 388 g/mol. The minimum Gasteiger partial charge on any atom is -0.497 e. The van der Waals surface area contributed by atoms with E-state index in [-0.39, 0.29) is 23.8 Å². The Balaban J connectivity index is 2.45. The van der Waals surface area contributed by atoms with Gasteiger partial charge in [0.25, 0.3) is 5.56 Å². The van der Waals surface area contributed by atoms with E-state index in [1.165, 1.54) is 9.47 Å². The van der Waals surface area contributed by atoms with Gasteiger partial charge < -0.3 is 15.4 Å². The molecule has 152 valence electrons. The van der Waals surface area contributed by atoms with Gasteiger partial charge in [-0.05, 0) is 30.5 Å². The Morgan fingerprint density at radius 2 is 2.00 bits per heavy atom. The highest BCUT2D eigenvalue weighted by Crippen LogP contribution is 2.20. The standard InChI is InChI=1S/C20H28N4O4/c1-4-6-11-23(16(25)13-14-8-7-9-15(12-14)28-3)17-18(21)24(10-5-2)20(27)22-19(17)26/h7-9,12H,4-6,10-11,13,21H2,1-3H3,(H,22,26,27). The first-order valence-corrected chi connectivity index (χ1v) is 9.48.